The molecule has 0 bridgehead atoms. The number of benzene rings is 3. The summed E-state index contributed by atoms with van der Waals surface area (Å²) in [4.78, 5) is 49.3. The lowest BCUT2D eigenvalue weighted by molar-refractivity contribution is -0.384. The van der Waals surface area contributed by atoms with E-state index >= 15 is 0 Å². The van der Waals surface area contributed by atoms with Crippen LogP contribution in [0.1, 0.15) is 18.1 Å². The average molecular weight is 517 g/mol. The van der Waals surface area contributed by atoms with Crippen LogP contribution in [-0.4, -0.2) is 36.5 Å². The SMILES string of the molecule is CCOc1ccc(N2C(=O)NC(=O)C(=Cc3ccc(OCc4ccc([N+](=O)[O-])cc4)c(OC)c3)C2=O)cc1. The first-order valence-corrected chi connectivity index (χ1v) is 11.5. The van der Waals surface area contributed by atoms with Gasteiger partial charge in [-0.25, -0.2) is 9.69 Å². The van der Waals surface area contributed by atoms with E-state index in [9.17, 15) is 24.5 Å². The fourth-order valence-corrected chi connectivity index (χ4v) is 3.68. The highest BCUT2D eigenvalue weighted by Gasteiger charge is 2.36. The molecule has 1 fully saturated rings. The smallest absolute Gasteiger partial charge is 0.335 e. The average Bonchev–Trinajstić information content (AvgIpc) is 2.91. The van der Waals surface area contributed by atoms with Gasteiger partial charge in [0.05, 0.1) is 24.3 Å². The number of non-ortho nitro benzene ring substituents is 1. The number of rotatable bonds is 9. The molecule has 1 saturated heterocycles. The number of methoxy groups -OCH3 is 1. The molecule has 1 aliphatic rings. The summed E-state index contributed by atoms with van der Waals surface area (Å²) in [6.45, 7) is 2.44. The fourth-order valence-electron chi connectivity index (χ4n) is 3.68. The maximum absolute atomic E-state index is 13.2. The Bertz CT molecular complexity index is 1420. The molecule has 3 aromatic rings. The van der Waals surface area contributed by atoms with Crippen molar-refractivity contribution in [2.24, 2.45) is 0 Å². The maximum atomic E-state index is 13.2. The number of carbonyl (C=O) groups is 3. The molecule has 1 aliphatic heterocycles. The van der Waals surface area contributed by atoms with Crippen molar-refractivity contribution < 1.29 is 33.5 Å². The molecule has 3 aromatic carbocycles. The predicted molar refractivity (Wildman–Crippen MR) is 137 cm³/mol. The van der Waals surface area contributed by atoms with Crippen LogP contribution in [0.25, 0.3) is 6.08 Å². The van der Waals surface area contributed by atoms with Gasteiger partial charge in [-0.1, -0.05) is 6.07 Å². The van der Waals surface area contributed by atoms with E-state index in [1.54, 1.807) is 54.6 Å². The van der Waals surface area contributed by atoms with Crippen LogP contribution in [0.15, 0.2) is 72.3 Å². The predicted octanol–water partition coefficient (Wildman–Crippen LogP) is 4.25. The van der Waals surface area contributed by atoms with Gasteiger partial charge in [0.25, 0.3) is 17.5 Å². The number of anilines is 1. The summed E-state index contributed by atoms with van der Waals surface area (Å²) in [5.74, 6) is -0.293. The molecule has 0 spiro atoms. The van der Waals surface area contributed by atoms with Gasteiger partial charge in [-0.3, -0.25) is 25.0 Å². The second kappa shape index (κ2) is 11.2. The minimum atomic E-state index is -0.853. The molecule has 0 unspecified atom stereocenters. The van der Waals surface area contributed by atoms with Gasteiger partial charge in [-0.2, -0.15) is 0 Å². The van der Waals surface area contributed by atoms with Crippen LogP contribution < -0.4 is 24.4 Å². The van der Waals surface area contributed by atoms with Crippen LogP contribution in [0.3, 0.4) is 0 Å². The summed E-state index contributed by atoms with van der Waals surface area (Å²) in [7, 11) is 1.44. The highest BCUT2D eigenvalue weighted by Crippen LogP contribution is 2.31. The Morgan fingerprint density at radius 3 is 2.29 bits per heavy atom. The second-order valence-corrected chi connectivity index (χ2v) is 8.01. The number of nitro benzene ring substituents is 1. The topological polar surface area (TPSA) is 137 Å². The molecule has 0 radical (unpaired) electrons. The van der Waals surface area contributed by atoms with Crippen LogP contribution >= 0.6 is 0 Å². The van der Waals surface area contributed by atoms with Crippen LogP contribution in [0.5, 0.6) is 17.2 Å². The van der Waals surface area contributed by atoms with E-state index in [4.69, 9.17) is 14.2 Å². The Morgan fingerprint density at radius 2 is 1.66 bits per heavy atom. The molecule has 11 heteroatoms. The van der Waals surface area contributed by atoms with Crippen molar-refractivity contribution >= 4 is 35.3 Å². The number of amides is 4. The highest BCUT2D eigenvalue weighted by molar-refractivity contribution is 6.39. The number of ether oxygens (including phenoxy) is 3. The molecule has 1 heterocycles. The molecular formula is C27H23N3O8. The third-order valence-electron chi connectivity index (χ3n) is 5.55. The van der Waals surface area contributed by atoms with Crippen LogP contribution in [0.4, 0.5) is 16.2 Å². The van der Waals surface area contributed by atoms with Crippen molar-refractivity contribution in [2.75, 3.05) is 18.6 Å². The first-order chi connectivity index (χ1) is 18.3. The molecule has 194 valence electrons. The molecule has 4 amide bonds. The van der Waals surface area contributed by atoms with E-state index in [1.165, 1.54) is 25.3 Å². The Hall–Kier alpha value is -5.19. The Morgan fingerprint density at radius 1 is 0.947 bits per heavy atom. The van der Waals surface area contributed by atoms with Crippen molar-refractivity contribution in [2.45, 2.75) is 13.5 Å². The number of urea groups is 1. The van der Waals surface area contributed by atoms with Gasteiger partial charge in [-0.15, -0.1) is 0 Å². The highest BCUT2D eigenvalue weighted by atomic mass is 16.6. The number of hydrogen-bond donors (Lipinski definition) is 1. The van der Waals surface area contributed by atoms with Gasteiger partial charge in [0, 0.05) is 12.1 Å². The number of hydrogen-bond acceptors (Lipinski definition) is 8. The monoisotopic (exact) mass is 517 g/mol. The number of nitro groups is 1. The van der Waals surface area contributed by atoms with Gasteiger partial charge >= 0.3 is 6.03 Å². The number of nitrogens with one attached hydrogen (secondary N) is 1. The zero-order valence-corrected chi connectivity index (χ0v) is 20.5. The van der Waals surface area contributed by atoms with E-state index in [-0.39, 0.29) is 23.6 Å². The zero-order valence-electron chi connectivity index (χ0n) is 20.5. The normalized spacial score (nSPS) is 14.3. The third kappa shape index (κ3) is 5.62. The Balaban J connectivity index is 1.54. The first kappa shape index (κ1) is 25.9. The lowest BCUT2D eigenvalue weighted by Crippen LogP contribution is -2.54. The molecule has 0 aliphatic carbocycles. The molecule has 11 nitrogen and oxygen atoms in total. The summed E-state index contributed by atoms with van der Waals surface area (Å²) in [6.07, 6.45) is 1.36. The summed E-state index contributed by atoms with van der Waals surface area (Å²) >= 11 is 0. The molecule has 4 rings (SSSR count). The van der Waals surface area contributed by atoms with E-state index in [1.807, 2.05) is 6.92 Å². The molecule has 0 atom stereocenters. The minimum absolute atomic E-state index is 0.0205. The van der Waals surface area contributed by atoms with Crippen LogP contribution in [0.2, 0.25) is 0 Å². The van der Waals surface area contributed by atoms with Crippen molar-refractivity contribution in [3.05, 3.63) is 93.5 Å². The number of barbiturate groups is 1. The van der Waals surface area contributed by atoms with Crippen molar-refractivity contribution in [1.29, 1.82) is 0 Å². The summed E-state index contributed by atoms with van der Waals surface area (Å²) < 4.78 is 16.6. The molecule has 1 N–H and O–H groups in total. The summed E-state index contributed by atoms with van der Waals surface area (Å²) in [5.41, 5.74) is 1.20. The van der Waals surface area contributed by atoms with E-state index < -0.39 is 22.8 Å². The molecule has 38 heavy (non-hydrogen) atoms. The molecular weight excluding hydrogens is 494 g/mol. The summed E-state index contributed by atoms with van der Waals surface area (Å²) in [5, 5.41) is 13.0. The number of imide groups is 2. The standard InChI is InChI=1S/C27H23N3O8/c1-3-37-21-11-9-19(10-12-21)29-26(32)22(25(31)28-27(29)33)14-18-6-13-23(24(15-18)36-2)38-16-17-4-7-20(8-5-17)30(34)35/h4-15H,3,16H2,1-2H3,(H,28,31,33). The largest absolute Gasteiger partial charge is 0.494 e. The lowest BCUT2D eigenvalue weighted by atomic mass is 10.1. The van der Waals surface area contributed by atoms with Crippen LogP contribution in [-0.2, 0) is 16.2 Å². The van der Waals surface area contributed by atoms with Gasteiger partial charge in [0.1, 0.15) is 17.9 Å². The van der Waals surface area contributed by atoms with Gasteiger partial charge < -0.3 is 14.2 Å². The van der Waals surface area contributed by atoms with Crippen LogP contribution in [0, 0.1) is 10.1 Å². The van der Waals surface area contributed by atoms with Gasteiger partial charge in [-0.05, 0) is 72.7 Å². The van der Waals surface area contributed by atoms with Gasteiger partial charge in [0.2, 0.25) is 0 Å². The molecule has 0 aromatic heterocycles. The lowest BCUT2D eigenvalue weighted by Gasteiger charge is -2.26. The number of carbonyl (C=O) groups excluding carboxylic acids is 3. The summed E-state index contributed by atoms with van der Waals surface area (Å²) in [6, 6.07) is 16.3. The second-order valence-electron chi connectivity index (χ2n) is 8.01. The minimum Gasteiger partial charge on any atom is -0.494 e. The fraction of sp³-hybridized carbons (Fsp3) is 0.148. The molecule has 0 saturated carbocycles. The van der Waals surface area contributed by atoms with Crippen molar-refractivity contribution in [1.82, 2.24) is 5.32 Å². The van der Waals surface area contributed by atoms with E-state index in [2.05, 4.69) is 5.32 Å². The Labute approximate surface area is 217 Å². The zero-order chi connectivity index (χ0) is 27.2. The first-order valence-electron chi connectivity index (χ1n) is 11.5. The maximum Gasteiger partial charge on any atom is 0.335 e. The van der Waals surface area contributed by atoms with Gasteiger partial charge in [0.15, 0.2) is 11.5 Å². The van der Waals surface area contributed by atoms with E-state index in [0.29, 0.717) is 35.0 Å². The quantitative estimate of drug-likeness (QED) is 0.192. The van der Waals surface area contributed by atoms with Crippen molar-refractivity contribution in [3.63, 3.8) is 0 Å². The number of nitrogens with zero attached hydrogens (tertiary/aromatic N) is 2. The Kier molecular flexibility index (Phi) is 7.66. The van der Waals surface area contributed by atoms with Crippen molar-refractivity contribution in [3.8, 4) is 17.2 Å². The third-order valence-corrected chi connectivity index (χ3v) is 5.55. The van der Waals surface area contributed by atoms with E-state index in [0.717, 1.165) is 4.90 Å².